The average molecular weight is 362 g/mol. The molecule has 7 heteroatoms. The lowest BCUT2D eigenvalue weighted by atomic mass is 10.2. The molecule has 0 radical (unpaired) electrons. The maximum Gasteiger partial charge on any atom is 0.337 e. The minimum absolute atomic E-state index is 0.115. The molecule has 0 bridgehead atoms. The summed E-state index contributed by atoms with van der Waals surface area (Å²) in [5.74, 6) is -0.287. The number of carbonyl (C=O) groups is 1. The minimum Gasteiger partial charge on any atom is -0.465 e. The molecule has 2 N–H and O–H groups in total. The highest BCUT2D eigenvalue weighted by atomic mass is 32.2. The van der Waals surface area contributed by atoms with Crippen molar-refractivity contribution in [3.63, 3.8) is 0 Å². The van der Waals surface area contributed by atoms with Crippen LogP contribution in [0.25, 0.3) is 0 Å². The molecule has 0 amide bonds. The van der Waals surface area contributed by atoms with E-state index in [1.54, 1.807) is 42.5 Å². The van der Waals surface area contributed by atoms with E-state index in [-0.39, 0.29) is 5.75 Å². The molecule has 0 saturated carbocycles. The van der Waals surface area contributed by atoms with E-state index >= 15 is 0 Å². The molecular weight excluding hydrogens is 340 g/mol. The van der Waals surface area contributed by atoms with Crippen molar-refractivity contribution in [3.05, 3.63) is 54.1 Å². The zero-order chi connectivity index (χ0) is 18.3. The van der Waals surface area contributed by atoms with Gasteiger partial charge in [-0.1, -0.05) is 19.4 Å². The lowest BCUT2D eigenvalue weighted by Gasteiger charge is -2.10. The lowest BCUT2D eigenvalue weighted by Crippen LogP contribution is -2.16. The Hall–Kier alpha value is -2.54. The predicted molar refractivity (Wildman–Crippen MR) is 99.8 cm³/mol. The Bertz CT molecular complexity index is 817. The number of anilines is 3. The number of carbonyl (C=O) groups excluding carboxylic acids is 1. The maximum atomic E-state index is 11.9. The molecule has 0 spiro atoms. The molecular formula is C18H22N2O4S. The first-order valence-corrected chi connectivity index (χ1v) is 9.64. The molecule has 25 heavy (non-hydrogen) atoms. The number of esters is 1. The number of benzene rings is 2. The van der Waals surface area contributed by atoms with E-state index in [0.717, 1.165) is 17.8 Å². The fourth-order valence-corrected chi connectivity index (χ4v) is 3.46. The van der Waals surface area contributed by atoms with Crippen molar-refractivity contribution in [1.29, 1.82) is 0 Å². The molecule has 0 saturated heterocycles. The standard InChI is InChI=1S/C18H22N2O4S/c1-3-4-12-25(22,23)20-16-10-8-15(9-11-16)19-17-7-5-6-14(13-17)18(21)24-2/h5-11,13,19-20H,3-4,12H2,1-2H3. The van der Waals surface area contributed by atoms with Gasteiger partial charge in [-0.05, 0) is 48.9 Å². The van der Waals surface area contributed by atoms with Crippen LogP contribution in [0, 0.1) is 0 Å². The van der Waals surface area contributed by atoms with Crippen LogP contribution >= 0.6 is 0 Å². The van der Waals surface area contributed by atoms with E-state index in [0.29, 0.717) is 17.7 Å². The van der Waals surface area contributed by atoms with Crippen LogP contribution in [0.3, 0.4) is 0 Å². The molecule has 2 rings (SSSR count). The largest absolute Gasteiger partial charge is 0.465 e. The van der Waals surface area contributed by atoms with E-state index in [9.17, 15) is 13.2 Å². The Kier molecular flexibility index (Phi) is 6.41. The van der Waals surface area contributed by atoms with Crippen molar-refractivity contribution < 1.29 is 17.9 Å². The Morgan fingerprint density at radius 3 is 2.36 bits per heavy atom. The van der Waals surface area contributed by atoms with E-state index in [4.69, 9.17) is 4.74 Å². The number of unbranched alkanes of at least 4 members (excludes halogenated alkanes) is 1. The number of rotatable bonds is 8. The van der Waals surface area contributed by atoms with E-state index in [2.05, 4.69) is 10.0 Å². The van der Waals surface area contributed by atoms with Crippen LogP contribution in [0.4, 0.5) is 17.1 Å². The highest BCUT2D eigenvalue weighted by molar-refractivity contribution is 7.92. The molecule has 0 aliphatic heterocycles. The summed E-state index contributed by atoms with van der Waals surface area (Å²) >= 11 is 0. The lowest BCUT2D eigenvalue weighted by molar-refractivity contribution is 0.0601. The first-order valence-electron chi connectivity index (χ1n) is 7.99. The fourth-order valence-electron chi connectivity index (χ4n) is 2.19. The molecule has 0 fully saturated rings. The van der Waals surface area contributed by atoms with Gasteiger partial charge < -0.3 is 10.1 Å². The van der Waals surface area contributed by atoms with Crippen LogP contribution in [0.2, 0.25) is 0 Å². The molecule has 0 aliphatic carbocycles. The third-order valence-electron chi connectivity index (χ3n) is 3.50. The van der Waals surface area contributed by atoms with Gasteiger partial charge in [0, 0.05) is 17.1 Å². The fraction of sp³-hybridized carbons (Fsp3) is 0.278. The topological polar surface area (TPSA) is 84.5 Å². The molecule has 0 aromatic heterocycles. The van der Waals surface area contributed by atoms with Gasteiger partial charge in [0.2, 0.25) is 10.0 Å². The normalized spacial score (nSPS) is 11.0. The number of hydrogen-bond acceptors (Lipinski definition) is 5. The van der Waals surface area contributed by atoms with Crippen LogP contribution in [-0.4, -0.2) is 27.2 Å². The summed E-state index contributed by atoms with van der Waals surface area (Å²) in [6.07, 6.45) is 1.46. The SMILES string of the molecule is CCCCS(=O)(=O)Nc1ccc(Nc2cccc(C(=O)OC)c2)cc1. The average Bonchev–Trinajstić information content (AvgIpc) is 2.61. The van der Waals surface area contributed by atoms with Gasteiger partial charge in [0.25, 0.3) is 0 Å². The number of ether oxygens (including phenoxy) is 1. The van der Waals surface area contributed by atoms with E-state index < -0.39 is 16.0 Å². The van der Waals surface area contributed by atoms with Crippen LogP contribution in [0.1, 0.15) is 30.1 Å². The molecule has 0 heterocycles. The second kappa shape index (κ2) is 8.53. The van der Waals surface area contributed by atoms with Crippen molar-refractivity contribution in [2.24, 2.45) is 0 Å². The highest BCUT2D eigenvalue weighted by Crippen LogP contribution is 2.21. The Morgan fingerprint density at radius 1 is 1.04 bits per heavy atom. The van der Waals surface area contributed by atoms with Crippen LogP contribution < -0.4 is 10.0 Å². The van der Waals surface area contributed by atoms with Crippen LogP contribution in [-0.2, 0) is 14.8 Å². The molecule has 2 aromatic carbocycles. The molecule has 0 unspecified atom stereocenters. The van der Waals surface area contributed by atoms with Crippen molar-refractivity contribution in [2.75, 3.05) is 22.9 Å². The molecule has 134 valence electrons. The summed E-state index contributed by atoms with van der Waals surface area (Å²) in [6, 6.07) is 13.9. The molecule has 2 aromatic rings. The third kappa shape index (κ3) is 5.79. The van der Waals surface area contributed by atoms with Crippen molar-refractivity contribution in [3.8, 4) is 0 Å². The first kappa shape index (κ1) is 18.8. The Labute approximate surface area is 148 Å². The number of sulfonamides is 1. The second-order valence-corrected chi connectivity index (χ2v) is 7.39. The van der Waals surface area contributed by atoms with Gasteiger partial charge in [-0.2, -0.15) is 0 Å². The summed E-state index contributed by atoms with van der Waals surface area (Å²) in [4.78, 5) is 11.6. The van der Waals surface area contributed by atoms with Gasteiger partial charge in [0.05, 0.1) is 18.4 Å². The molecule has 0 atom stereocenters. The van der Waals surface area contributed by atoms with Gasteiger partial charge in [-0.3, -0.25) is 4.72 Å². The highest BCUT2D eigenvalue weighted by Gasteiger charge is 2.09. The molecule has 6 nitrogen and oxygen atoms in total. The van der Waals surface area contributed by atoms with Gasteiger partial charge in [-0.15, -0.1) is 0 Å². The van der Waals surface area contributed by atoms with Crippen molar-refractivity contribution in [2.45, 2.75) is 19.8 Å². The maximum absolute atomic E-state index is 11.9. The van der Waals surface area contributed by atoms with Gasteiger partial charge in [0.1, 0.15) is 0 Å². The Morgan fingerprint density at radius 2 is 1.72 bits per heavy atom. The Balaban J connectivity index is 2.04. The van der Waals surface area contributed by atoms with Crippen LogP contribution in [0.15, 0.2) is 48.5 Å². The van der Waals surface area contributed by atoms with Crippen molar-refractivity contribution in [1.82, 2.24) is 0 Å². The van der Waals surface area contributed by atoms with E-state index in [1.807, 2.05) is 13.0 Å². The zero-order valence-electron chi connectivity index (χ0n) is 14.3. The number of methoxy groups -OCH3 is 1. The summed E-state index contributed by atoms with van der Waals surface area (Å²) in [7, 11) is -1.97. The third-order valence-corrected chi connectivity index (χ3v) is 4.87. The monoisotopic (exact) mass is 362 g/mol. The zero-order valence-corrected chi connectivity index (χ0v) is 15.1. The number of nitrogens with one attached hydrogen (secondary N) is 2. The van der Waals surface area contributed by atoms with Gasteiger partial charge in [-0.25, -0.2) is 13.2 Å². The van der Waals surface area contributed by atoms with Crippen LogP contribution in [0.5, 0.6) is 0 Å². The summed E-state index contributed by atoms with van der Waals surface area (Å²) in [5.41, 5.74) is 2.48. The summed E-state index contributed by atoms with van der Waals surface area (Å²) in [5, 5.41) is 3.16. The second-order valence-electron chi connectivity index (χ2n) is 5.55. The number of hydrogen-bond donors (Lipinski definition) is 2. The van der Waals surface area contributed by atoms with E-state index in [1.165, 1.54) is 7.11 Å². The minimum atomic E-state index is -3.31. The smallest absolute Gasteiger partial charge is 0.337 e. The summed E-state index contributed by atoms with van der Waals surface area (Å²) < 4.78 is 31.0. The predicted octanol–water partition coefficient (Wildman–Crippen LogP) is 3.76. The van der Waals surface area contributed by atoms with Crippen molar-refractivity contribution >= 4 is 33.1 Å². The van der Waals surface area contributed by atoms with Gasteiger partial charge >= 0.3 is 5.97 Å². The first-order chi connectivity index (χ1) is 11.9. The summed E-state index contributed by atoms with van der Waals surface area (Å²) in [6.45, 7) is 1.95. The molecule has 0 aliphatic rings. The van der Waals surface area contributed by atoms with Gasteiger partial charge in [0.15, 0.2) is 0 Å². The quantitative estimate of drug-likeness (QED) is 0.699.